The SMILES string of the molecule is C[NH+]1CCN(S(=O)(=O)c2ccc(Cc3ccc(S(=O)(=O)N4CC[NH+](C)CC4)cc3)cc2)CC1. The zero-order chi connectivity index (χ0) is 23.6. The van der Waals surface area contributed by atoms with Gasteiger partial charge in [0.1, 0.15) is 0 Å². The molecule has 0 bridgehead atoms. The molecule has 2 aromatic rings. The van der Waals surface area contributed by atoms with Gasteiger partial charge in [-0.25, -0.2) is 16.8 Å². The third-order valence-electron chi connectivity index (χ3n) is 6.68. The standard InChI is InChI=1S/C23H32N4O4S2/c1-24-11-15-26(16-12-24)32(28,29)22-7-3-20(4-8-22)19-21-5-9-23(10-6-21)33(30,31)27-17-13-25(2)14-18-27/h3-10H,11-19H2,1-2H3/p+2. The number of rotatable bonds is 6. The summed E-state index contributed by atoms with van der Waals surface area (Å²) < 4.78 is 54.7. The fraction of sp³-hybridized carbons (Fsp3) is 0.478. The zero-order valence-electron chi connectivity index (χ0n) is 19.3. The number of piperazine rings is 2. The van der Waals surface area contributed by atoms with Crippen molar-refractivity contribution in [3.63, 3.8) is 0 Å². The van der Waals surface area contributed by atoms with Crippen LogP contribution in [0.4, 0.5) is 0 Å². The van der Waals surface area contributed by atoms with Gasteiger partial charge in [-0.15, -0.1) is 0 Å². The molecule has 8 nitrogen and oxygen atoms in total. The van der Waals surface area contributed by atoms with Gasteiger partial charge in [-0.05, 0) is 41.8 Å². The maximum atomic E-state index is 12.9. The van der Waals surface area contributed by atoms with Crippen LogP contribution < -0.4 is 9.80 Å². The Morgan fingerprint density at radius 3 is 1.21 bits per heavy atom. The third kappa shape index (κ3) is 5.47. The minimum atomic E-state index is -3.46. The maximum absolute atomic E-state index is 12.9. The van der Waals surface area contributed by atoms with Crippen LogP contribution in [0.2, 0.25) is 0 Å². The molecular weight excluding hydrogens is 460 g/mol. The van der Waals surface area contributed by atoms with Gasteiger partial charge in [0.25, 0.3) is 0 Å². The van der Waals surface area contributed by atoms with E-state index in [-0.39, 0.29) is 0 Å². The summed E-state index contributed by atoms with van der Waals surface area (Å²) in [7, 11) is -2.77. The third-order valence-corrected chi connectivity index (χ3v) is 10.5. The Morgan fingerprint density at radius 1 is 0.606 bits per heavy atom. The van der Waals surface area contributed by atoms with Crippen molar-refractivity contribution in [1.82, 2.24) is 8.61 Å². The van der Waals surface area contributed by atoms with E-state index in [0.717, 1.165) is 37.3 Å². The van der Waals surface area contributed by atoms with E-state index in [1.807, 2.05) is 24.3 Å². The highest BCUT2D eigenvalue weighted by molar-refractivity contribution is 7.89. The summed E-state index contributed by atoms with van der Waals surface area (Å²) in [5, 5.41) is 0. The lowest BCUT2D eigenvalue weighted by atomic mass is 10.1. The van der Waals surface area contributed by atoms with Gasteiger partial charge in [0, 0.05) is 0 Å². The second-order valence-corrected chi connectivity index (χ2v) is 13.1. The molecule has 2 aliphatic rings. The fourth-order valence-electron chi connectivity index (χ4n) is 4.31. The number of sulfonamides is 2. The maximum Gasteiger partial charge on any atom is 0.243 e. The largest absolute Gasteiger partial charge is 0.335 e. The molecule has 0 amide bonds. The van der Waals surface area contributed by atoms with Crippen molar-refractivity contribution < 1.29 is 26.6 Å². The highest BCUT2D eigenvalue weighted by Gasteiger charge is 2.30. The van der Waals surface area contributed by atoms with Crippen molar-refractivity contribution in [2.45, 2.75) is 16.2 Å². The molecule has 2 heterocycles. The molecule has 0 unspecified atom stereocenters. The second-order valence-electron chi connectivity index (χ2n) is 9.19. The lowest BCUT2D eigenvalue weighted by Crippen LogP contribution is -3.12. The summed E-state index contributed by atoms with van der Waals surface area (Å²) in [5.74, 6) is 0. The van der Waals surface area contributed by atoms with Gasteiger partial charge in [-0.3, -0.25) is 0 Å². The molecule has 0 aromatic heterocycles. The summed E-state index contributed by atoms with van der Waals surface area (Å²) >= 11 is 0. The highest BCUT2D eigenvalue weighted by Crippen LogP contribution is 2.20. The van der Waals surface area contributed by atoms with Gasteiger partial charge in [0.05, 0.1) is 76.2 Å². The molecule has 33 heavy (non-hydrogen) atoms. The summed E-state index contributed by atoms with van der Waals surface area (Å²) in [6.45, 7) is 5.44. The minimum absolute atomic E-state index is 0.321. The molecule has 0 spiro atoms. The highest BCUT2D eigenvalue weighted by atomic mass is 32.2. The van der Waals surface area contributed by atoms with Gasteiger partial charge >= 0.3 is 0 Å². The number of hydrogen-bond acceptors (Lipinski definition) is 4. The fourth-order valence-corrected chi connectivity index (χ4v) is 7.19. The molecule has 2 aliphatic heterocycles. The van der Waals surface area contributed by atoms with Crippen LogP contribution in [0.5, 0.6) is 0 Å². The predicted molar refractivity (Wildman–Crippen MR) is 126 cm³/mol. The van der Waals surface area contributed by atoms with Gasteiger partial charge in [-0.2, -0.15) is 8.61 Å². The van der Waals surface area contributed by atoms with Crippen LogP contribution in [0, 0.1) is 0 Å². The van der Waals surface area contributed by atoms with E-state index in [4.69, 9.17) is 0 Å². The summed E-state index contributed by atoms with van der Waals surface area (Å²) in [6.07, 6.45) is 0.608. The molecular formula is C23H34N4O4S2+2. The van der Waals surface area contributed by atoms with Gasteiger partial charge in [0.2, 0.25) is 20.0 Å². The number of benzene rings is 2. The monoisotopic (exact) mass is 494 g/mol. The van der Waals surface area contributed by atoms with Crippen LogP contribution in [0.1, 0.15) is 11.1 Å². The lowest BCUT2D eigenvalue weighted by molar-refractivity contribution is -0.883. The first-order chi connectivity index (χ1) is 15.7. The van der Waals surface area contributed by atoms with Crippen LogP contribution in [-0.2, 0) is 26.5 Å². The lowest BCUT2D eigenvalue weighted by Gasteiger charge is -2.29. The molecule has 0 aliphatic carbocycles. The van der Waals surface area contributed by atoms with Crippen LogP contribution in [0.15, 0.2) is 58.3 Å². The van der Waals surface area contributed by atoms with E-state index in [1.54, 1.807) is 32.9 Å². The molecule has 2 aromatic carbocycles. The van der Waals surface area contributed by atoms with E-state index in [1.165, 1.54) is 9.80 Å². The van der Waals surface area contributed by atoms with Crippen molar-refractivity contribution in [3.05, 3.63) is 59.7 Å². The quantitative estimate of drug-likeness (QED) is 0.502. The molecule has 0 atom stereocenters. The molecule has 0 saturated carbocycles. The van der Waals surface area contributed by atoms with E-state index in [9.17, 15) is 16.8 Å². The van der Waals surface area contributed by atoms with Crippen molar-refractivity contribution in [2.75, 3.05) is 66.5 Å². The first kappa shape index (κ1) is 24.3. The number of hydrogen-bond donors (Lipinski definition) is 2. The minimum Gasteiger partial charge on any atom is -0.335 e. The van der Waals surface area contributed by atoms with Crippen molar-refractivity contribution in [1.29, 1.82) is 0 Å². The van der Waals surface area contributed by atoms with E-state index in [0.29, 0.717) is 42.4 Å². The Bertz CT molecular complexity index is 1060. The van der Waals surface area contributed by atoms with E-state index < -0.39 is 20.0 Å². The normalized spacial score (nSPS) is 20.2. The average molecular weight is 495 g/mol. The van der Waals surface area contributed by atoms with Crippen molar-refractivity contribution in [3.8, 4) is 0 Å². The smallest absolute Gasteiger partial charge is 0.243 e. The first-order valence-corrected chi connectivity index (χ1v) is 14.3. The Morgan fingerprint density at radius 2 is 0.909 bits per heavy atom. The Hall–Kier alpha value is -1.82. The van der Waals surface area contributed by atoms with Crippen molar-refractivity contribution >= 4 is 20.0 Å². The second kappa shape index (κ2) is 9.81. The van der Waals surface area contributed by atoms with Crippen LogP contribution in [-0.4, -0.2) is 91.9 Å². The van der Waals surface area contributed by atoms with Crippen LogP contribution >= 0.6 is 0 Å². The van der Waals surface area contributed by atoms with Gasteiger partial charge in [-0.1, -0.05) is 24.3 Å². The number of likely N-dealkylation sites (N-methyl/N-ethyl adjacent to an activating group) is 2. The summed E-state index contributed by atoms with van der Waals surface area (Å²) in [4.78, 5) is 3.34. The Labute approximate surface area is 197 Å². The van der Waals surface area contributed by atoms with Gasteiger partial charge < -0.3 is 9.80 Å². The van der Waals surface area contributed by atoms with E-state index in [2.05, 4.69) is 14.1 Å². The van der Waals surface area contributed by atoms with Crippen molar-refractivity contribution in [2.24, 2.45) is 0 Å². The summed E-state index contributed by atoms with van der Waals surface area (Å²) in [5.41, 5.74) is 1.96. The molecule has 0 radical (unpaired) electrons. The topological polar surface area (TPSA) is 83.6 Å². The average Bonchev–Trinajstić information content (AvgIpc) is 2.80. The molecule has 2 N–H and O–H groups in total. The number of nitrogens with one attached hydrogen (secondary N) is 2. The zero-order valence-corrected chi connectivity index (χ0v) is 21.0. The number of quaternary nitrogens is 2. The van der Waals surface area contributed by atoms with Crippen LogP contribution in [0.25, 0.3) is 0 Å². The van der Waals surface area contributed by atoms with E-state index >= 15 is 0 Å². The van der Waals surface area contributed by atoms with Crippen LogP contribution in [0.3, 0.4) is 0 Å². The molecule has 180 valence electrons. The molecule has 2 saturated heterocycles. The van der Waals surface area contributed by atoms with Gasteiger partial charge in [0.15, 0.2) is 0 Å². The predicted octanol–water partition coefficient (Wildman–Crippen LogP) is -1.68. The molecule has 2 fully saturated rings. The Balaban J connectivity index is 1.41. The first-order valence-electron chi connectivity index (χ1n) is 11.5. The molecule has 4 rings (SSSR count). The summed E-state index contributed by atoms with van der Waals surface area (Å²) in [6, 6.07) is 14.0. The number of nitrogens with zero attached hydrogens (tertiary/aromatic N) is 2. The Kier molecular flexibility index (Phi) is 7.23. The molecule has 10 heteroatoms.